The number of rotatable bonds is 5. The molecule has 0 N–H and O–H groups in total. The van der Waals surface area contributed by atoms with Crippen LogP contribution < -0.4 is 14.2 Å². The summed E-state index contributed by atoms with van der Waals surface area (Å²) in [5, 5.41) is 1.10. The molecule has 5 heteroatoms. The Kier molecular flexibility index (Phi) is 5.17. The van der Waals surface area contributed by atoms with Crippen LogP contribution in [0.5, 0.6) is 17.2 Å². The van der Waals surface area contributed by atoms with Crippen LogP contribution in [0.2, 0.25) is 0 Å². The van der Waals surface area contributed by atoms with E-state index in [1.807, 2.05) is 48.6 Å². The molecule has 3 aromatic rings. The summed E-state index contributed by atoms with van der Waals surface area (Å²) in [5.41, 5.74) is 2.62. The number of fused-ring (bicyclic) bond motifs is 1. The largest absolute Gasteiger partial charge is 0.493 e. The molecule has 0 aliphatic rings. The number of hydrogen-bond donors (Lipinski definition) is 0. The van der Waals surface area contributed by atoms with Crippen LogP contribution in [-0.2, 0) is 4.79 Å². The van der Waals surface area contributed by atoms with Gasteiger partial charge in [0.15, 0.2) is 11.5 Å². The lowest BCUT2D eigenvalue weighted by Crippen LogP contribution is -2.05. The highest BCUT2D eigenvalue weighted by atomic mass is 16.6. The first-order chi connectivity index (χ1) is 12.6. The van der Waals surface area contributed by atoms with Crippen molar-refractivity contribution in [2.24, 2.45) is 0 Å². The summed E-state index contributed by atoms with van der Waals surface area (Å²) in [6, 6.07) is 15.5. The van der Waals surface area contributed by atoms with Crippen LogP contribution >= 0.6 is 0 Å². The lowest BCUT2D eigenvalue weighted by Gasteiger charge is -2.13. The number of aromatic nitrogens is 1. The van der Waals surface area contributed by atoms with Crippen molar-refractivity contribution >= 4 is 29.0 Å². The van der Waals surface area contributed by atoms with Gasteiger partial charge in [0.25, 0.3) is 0 Å². The fraction of sp³-hybridized carbons (Fsp3) is 0.143. The number of benzene rings is 2. The zero-order chi connectivity index (χ0) is 18.5. The Balaban J connectivity index is 1.95. The summed E-state index contributed by atoms with van der Waals surface area (Å²) in [7, 11) is 3.03. The van der Waals surface area contributed by atoms with Crippen molar-refractivity contribution in [3.8, 4) is 17.2 Å². The van der Waals surface area contributed by atoms with Gasteiger partial charge in [-0.15, -0.1) is 0 Å². The number of pyridine rings is 1. The van der Waals surface area contributed by atoms with Gasteiger partial charge in [-0.2, -0.15) is 0 Å². The van der Waals surface area contributed by atoms with Crippen molar-refractivity contribution in [3.05, 3.63) is 59.8 Å². The maximum absolute atomic E-state index is 11.3. The van der Waals surface area contributed by atoms with Crippen LogP contribution in [0.15, 0.2) is 48.5 Å². The Morgan fingerprint density at radius 2 is 1.65 bits per heavy atom. The van der Waals surface area contributed by atoms with E-state index in [0.29, 0.717) is 11.5 Å². The molecule has 0 amide bonds. The number of ether oxygens (including phenoxy) is 3. The molecule has 132 valence electrons. The number of nitrogens with zero attached hydrogens (tertiary/aromatic N) is 1. The van der Waals surface area contributed by atoms with Crippen molar-refractivity contribution in [3.63, 3.8) is 0 Å². The van der Waals surface area contributed by atoms with E-state index in [1.165, 1.54) is 21.1 Å². The third-order valence-corrected chi connectivity index (χ3v) is 3.80. The van der Waals surface area contributed by atoms with E-state index in [1.54, 1.807) is 12.1 Å². The molecule has 0 spiro atoms. The first-order valence-corrected chi connectivity index (χ1v) is 8.09. The van der Waals surface area contributed by atoms with Gasteiger partial charge in [0.1, 0.15) is 0 Å². The van der Waals surface area contributed by atoms with E-state index < -0.39 is 5.97 Å². The van der Waals surface area contributed by atoms with Gasteiger partial charge in [-0.25, -0.2) is 4.98 Å². The van der Waals surface area contributed by atoms with E-state index in [-0.39, 0.29) is 5.75 Å². The van der Waals surface area contributed by atoms with Gasteiger partial charge in [0, 0.05) is 12.3 Å². The van der Waals surface area contributed by atoms with Crippen LogP contribution in [0, 0.1) is 0 Å². The quantitative estimate of drug-likeness (QED) is 0.506. The highest BCUT2D eigenvalue weighted by Gasteiger charge is 2.15. The van der Waals surface area contributed by atoms with Crippen molar-refractivity contribution in [1.82, 2.24) is 4.98 Å². The van der Waals surface area contributed by atoms with E-state index in [0.717, 1.165) is 22.2 Å². The van der Waals surface area contributed by atoms with Gasteiger partial charge < -0.3 is 14.2 Å². The van der Waals surface area contributed by atoms with Gasteiger partial charge in [0.2, 0.25) is 5.75 Å². The number of hydrogen-bond acceptors (Lipinski definition) is 5. The molecule has 0 aliphatic heterocycles. The van der Waals surface area contributed by atoms with Crippen LogP contribution in [-0.4, -0.2) is 25.2 Å². The summed E-state index contributed by atoms with van der Waals surface area (Å²) in [5.74, 6) is 0.671. The molecule has 0 atom stereocenters. The third kappa shape index (κ3) is 3.83. The summed E-state index contributed by atoms with van der Waals surface area (Å²) >= 11 is 0. The average Bonchev–Trinajstić information content (AvgIpc) is 2.66. The minimum Gasteiger partial charge on any atom is -0.493 e. The van der Waals surface area contributed by atoms with Crippen molar-refractivity contribution in [1.29, 1.82) is 0 Å². The summed E-state index contributed by atoms with van der Waals surface area (Å²) in [6.07, 6.45) is 3.81. The molecule has 0 aliphatic carbocycles. The van der Waals surface area contributed by atoms with Crippen LogP contribution in [0.3, 0.4) is 0 Å². The second-order valence-electron chi connectivity index (χ2n) is 5.61. The second-order valence-corrected chi connectivity index (χ2v) is 5.61. The highest BCUT2D eigenvalue weighted by Crippen LogP contribution is 2.39. The maximum atomic E-state index is 11.3. The molecule has 1 aromatic heterocycles. The monoisotopic (exact) mass is 349 g/mol. The number of methoxy groups -OCH3 is 2. The Labute approximate surface area is 151 Å². The second kappa shape index (κ2) is 7.70. The smallest absolute Gasteiger partial charge is 0.308 e. The lowest BCUT2D eigenvalue weighted by atomic mass is 10.1. The molecule has 0 fully saturated rings. The van der Waals surface area contributed by atoms with Gasteiger partial charge in [-0.05, 0) is 35.9 Å². The first-order valence-electron chi connectivity index (χ1n) is 8.09. The highest BCUT2D eigenvalue weighted by molar-refractivity contribution is 5.81. The Morgan fingerprint density at radius 3 is 2.31 bits per heavy atom. The number of carbonyl (C=O) groups is 1. The van der Waals surface area contributed by atoms with Gasteiger partial charge >= 0.3 is 5.97 Å². The number of esters is 1. The molecule has 1 heterocycles. The molecular weight excluding hydrogens is 330 g/mol. The normalized spacial score (nSPS) is 10.9. The van der Waals surface area contributed by atoms with E-state index in [2.05, 4.69) is 4.98 Å². The Bertz CT molecular complexity index is 954. The van der Waals surface area contributed by atoms with Gasteiger partial charge in [-0.3, -0.25) is 4.79 Å². The van der Waals surface area contributed by atoms with Gasteiger partial charge in [0.05, 0.1) is 25.4 Å². The summed E-state index contributed by atoms with van der Waals surface area (Å²) in [6.45, 7) is 1.33. The summed E-state index contributed by atoms with van der Waals surface area (Å²) in [4.78, 5) is 15.9. The molecule has 26 heavy (non-hydrogen) atoms. The van der Waals surface area contributed by atoms with Gasteiger partial charge in [-0.1, -0.05) is 30.3 Å². The van der Waals surface area contributed by atoms with Crippen LogP contribution in [0.25, 0.3) is 23.1 Å². The first kappa shape index (κ1) is 17.5. The average molecular weight is 349 g/mol. The third-order valence-electron chi connectivity index (χ3n) is 3.80. The van der Waals surface area contributed by atoms with Crippen LogP contribution in [0.4, 0.5) is 0 Å². The molecule has 2 aromatic carbocycles. The molecule has 0 saturated heterocycles. The van der Waals surface area contributed by atoms with Crippen molar-refractivity contribution in [2.45, 2.75) is 6.92 Å². The molecule has 0 radical (unpaired) electrons. The predicted molar refractivity (Wildman–Crippen MR) is 102 cm³/mol. The molecule has 5 nitrogen and oxygen atoms in total. The lowest BCUT2D eigenvalue weighted by molar-refractivity contribution is -0.132. The fourth-order valence-electron chi connectivity index (χ4n) is 2.60. The summed E-state index contributed by atoms with van der Waals surface area (Å²) < 4.78 is 15.9. The molecular formula is C21H19NO4. The van der Waals surface area contributed by atoms with E-state index in [9.17, 15) is 4.79 Å². The Hall–Kier alpha value is -3.34. The predicted octanol–water partition coefficient (Wildman–Crippen LogP) is 4.35. The van der Waals surface area contributed by atoms with E-state index >= 15 is 0 Å². The van der Waals surface area contributed by atoms with Crippen molar-refractivity contribution < 1.29 is 19.0 Å². The molecule has 3 rings (SSSR count). The standard InChI is InChI=1S/C21H19NO4/c1-14(23)26-21-19(24-2)12-15(13-20(21)25-3)8-10-17-11-9-16-6-4-5-7-18(16)22-17/h4-13H,1-3H3/b10-8+. The molecule has 0 bridgehead atoms. The topological polar surface area (TPSA) is 57.6 Å². The molecule has 0 saturated carbocycles. The van der Waals surface area contributed by atoms with Crippen LogP contribution in [0.1, 0.15) is 18.2 Å². The molecule has 0 unspecified atom stereocenters. The Morgan fingerprint density at radius 1 is 0.962 bits per heavy atom. The van der Waals surface area contributed by atoms with Crippen molar-refractivity contribution in [2.75, 3.05) is 14.2 Å². The zero-order valence-corrected chi connectivity index (χ0v) is 14.9. The number of carbonyl (C=O) groups excluding carboxylic acids is 1. The SMILES string of the molecule is COc1cc(/C=C/c2ccc3ccccc3n2)cc(OC)c1OC(C)=O. The maximum Gasteiger partial charge on any atom is 0.308 e. The number of para-hydroxylation sites is 1. The zero-order valence-electron chi connectivity index (χ0n) is 14.9. The fourth-order valence-corrected chi connectivity index (χ4v) is 2.60. The van der Waals surface area contributed by atoms with E-state index in [4.69, 9.17) is 14.2 Å². The minimum atomic E-state index is -0.440. The minimum absolute atomic E-state index is 0.267.